The van der Waals surface area contributed by atoms with Crippen LogP contribution in [0.4, 0.5) is 15.8 Å². The minimum atomic E-state index is -0.627. The largest absolute Gasteiger partial charge is 0.323 e. The second-order valence-electron chi connectivity index (χ2n) is 4.55. The van der Waals surface area contributed by atoms with Crippen molar-refractivity contribution in [1.82, 2.24) is 0 Å². The van der Waals surface area contributed by atoms with Gasteiger partial charge in [-0.25, -0.2) is 4.39 Å². The lowest BCUT2D eigenvalue weighted by molar-refractivity contribution is -0.115. The number of benzene rings is 2. The Bertz CT molecular complexity index is 728. The Kier molecular flexibility index (Phi) is 3.47. The Morgan fingerprint density at radius 2 is 1.95 bits per heavy atom. The van der Waals surface area contributed by atoms with Crippen LogP contribution in [0, 0.1) is 5.82 Å². The number of halogens is 2. The van der Waals surface area contributed by atoms with E-state index in [9.17, 15) is 14.0 Å². The van der Waals surface area contributed by atoms with Crippen LogP contribution in [0.3, 0.4) is 0 Å². The van der Waals surface area contributed by atoms with Crippen LogP contribution in [0.1, 0.15) is 10.4 Å². The van der Waals surface area contributed by atoms with Crippen LogP contribution in [0.15, 0.2) is 46.9 Å². The van der Waals surface area contributed by atoms with Crippen molar-refractivity contribution in [3.8, 4) is 0 Å². The van der Waals surface area contributed by atoms with Gasteiger partial charge in [0.25, 0.3) is 5.91 Å². The zero-order valence-electron chi connectivity index (χ0n) is 10.8. The van der Waals surface area contributed by atoms with Crippen molar-refractivity contribution in [2.75, 3.05) is 16.8 Å². The molecule has 1 aliphatic rings. The average molecular weight is 349 g/mol. The molecular formula is C15H10BrFN2O2. The van der Waals surface area contributed by atoms with Gasteiger partial charge in [-0.1, -0.05) is 18.2 Å². The lowest BCUT2D eigenvalue weighted by Crippen LogP contribution is -2.42. The van der Waals surface area contributed by atoms with E-state index in [1.165, 1.54) is 17.0 Å². The molecule has 1 heterocycles. The molecule has 3 rings (SSSR count). The van der Waals surface area contributed by atoms with E-state index in [0.29, 0.717) is 15.8 Å². The summed E-state index contributed by atoms with van der Waals surface area (Å²) in [5, 5.41) is 2.69. The molecule has 0 saturated heterocycles. The van der Waals surface area contributed by atoms with E-state index in [4.69, 9.17) is 0 Å². The van der Waals surface area contributed by atoms with Gasteiger partial charge >= 0.3 is 0 Å². The van der Waals surface area contributed by atoms with E-state index in [1.807, 2.05) is 0 Å². The van der Waals surface area contributed by atoms with Crippen molar-refractivity contribution in [3.05, 3.63) is 58.3 Å². The van der Waals surface area contributed by atoms with Gasteiger partial charge in [0, 0.05) is 4.47 Å². The SMILES string of the molecule is O=C1CN(C(=O)c2c(F)cccc2Br)c2ccccc2N1. The first kappa shape index (κ1) is 13.8. The number of nitrogens with one attached hydrogen (secondary N) is 1. The Labute approximate surface area is 128 Å². The fraction of sp³-hybridized carbons (Fsp3) is 0.0667. The van der Waals surface area contributed by atoms with Crippen LogP contribution in [-0.4, -0.2) is 18.4 Å². The number of hydrogen-bond acceptors (Lipinski definition) is 2. The van der Waals surface area contributed by atoms with Gasteiger partial charge in [-0.3, -0.25) is 14.5 Å². The fourth-order valence-corrected chi connectivity index (χ4v) is 2.76. The number of anilines is 2. The molecule has 0 aromatic heterocycles. The molecule has 2 aromatic carbocycles. The first-order valence-corrected chi connectivity index (χ1v) is 7.02. The first-order chi connectivity index (χ1) is 10.1. The highest BCUT2D eigenvalue weighted by molar-refractivity contribution is 9.10. The van der Waals surface area contributed by atoms with Crippen LogP contribution in [0.5, 0.6) is 0 Å². The van der Waals surface area contributed by atoms with Gasteiger partial charge in [-0.05, 0) is 40.2 Å². The highest BCUT2D eigenvalue weighted by atomic mass is 79.9. The van der Waals surface area contributed by atoms with E-state index in [-0.39, 0.29) is 18.0 Å². The molecule has 4 nitrogen and oxygen atoms in total. The van der Waals surface area contributed by atoms with Gasteiger partial charge in [0.2, 0.25) is 5.91 Å². The van der Waals surface area contributed by atoms with Crippen LogP contribution in [-0.2, 0) is 4.79 Å². The Morgan fingerprint density at radius 3 is 2.71 bits per heavy atom. The second-order valence-corrected chi connectivity index (χ2v) is 5.41. The summed E-state index contributed by atoms with van der Waals surface area (Å²) < 4.78 is 14.3. The average Bonchev–Trinajstić information content (AvgIpc) is 2.46. The normalized spacial score (nSPS) is 13.6. The molecule has 0 atom stereocenters. The maximum Gasteiger partial charge on any atom is 0.262 e. The van der Waals surface area contributed by atoms with Crippen LogP contribution >= 0.6 is 15.9 Å². The molecule has 0 aliphatic carbocycles. The Hall–Kier alpha value is -2.21. The highest BCUT2D eigenvalue weighted by Crippen LogP contribution is 2.31. The molecular weight excluding hydrogens is 339 g/mol. The monoisotopic (exact) mass is 348 g/mol. The smallest absolute Gasteiger partial charge is 0.262 e. The summed E-state index contributed by atoms with van der Waals surface area (Å²) in [7, 11) is 0. The molecule has 2 aromatic rings. The fourth-order valence-electron chi connectivity index (χ4n) is 2.25. The zero-order chi connectivity index (χ0) is 15.0. The van der Waals surface area contributed by atoms with Crippen LogP contribution in [0.2, 0.25) is 0 Å². The van der Waals surface area contributed by atoms with Gasteiger partial charge in [0.1, 0.15) is 12.4 Å². The Balaban J connectivity index is 2.09. The molecule has 0 unspecified atom stereocenters. The molecule has 0 spiro atoms. The maximum atomic E-state index is 14.0. The molecule has 106 valence electrons. The van der Waals surface area contributed by atoms with Crippen LogP contribution < -0.4 is 10.2 Å². The van der Waals surface area contributed by atoms with E-state index in [1.54, 1.807) is 30.3 Å². The minimum Gasteiger partial charge on any atom is -0.323 e. The number of hydrogen-bond donors (Lipinski definition) is 1. The lowest BCUT2D eigenvalue weighted by Gasteiger charge is -2.29. The van der Waals surface area contributed by atoms with Crippen LogP contribution in [0.25, 0.3) is 0 Å². The number of nitrogens with zero attached hydrogens (tertiary/aromatic N) is 1. The highest BCUT2D eigenvalue weighted by Gasteiger charge is 2.29. The van der Waals surface area contributed by atoms with Crippen molar-refractivity contribution in [2.24, 2.45) is 0 Å². The summed E-state index contributed by atoms with van der Waals surface area (Å²) >= 11 is 3.18. The third-order valence-corrected chi connectivity index (χ3v) is 3.85. The summed E-state index contributed by atoms with van der Waals surface area (Å²) in [4.78, 5) is 25.6. The lowest BCUT2D eigenvalue weighted by atomic mass is 10.1. The van der Waals surface area contributed by atoms with Gasteiger partial charge in [0.15, 0.2) is 0 Å². The zero-order valence-corrected chi connectivity index (χ0v) is 12.4. The molecule has 6 heteroatoms. The summed E-state index contributed by atoms with van der Waals surface area (Å²) in [6.07, 6.45) is 0. The minimum absolute atomic E-state index is 0.0815. The van der Waals surface area contributed by atoms with Gasteiger partial charge in [0.05, 0.1) is 16.9 Å². The van der Waals surface area contributed by atoms with E-state index in [0.717, 1.165) is 0 Å². The molecule has 0 bridgehead atoms. The third-order valence-electron chi connectivity index (χ3n) is 3.19. The summed E-state index contributed by atoms with van der Waals surface area (Å²) in [6, 6.07) is 11.2. The predicted molar refractivity (Wildman–Crippen MR) is 80.8 cm³/mol. The van der Waals surface area contributed by atoms with Gasteiger partial charge in [-0.2, -0.15) is 0 Å². The third kappa shape index (κ3) is 2.42. The van der Waals surface area contributed by atoms with Crippen molar-refractivity contribution in [2.45, 2.75) is 0 Å². The van der Waals surface area contributed by atoms with Crippen molar-refractivity contribution < 1.29 is 14.0 Å². The first-order valence-electron chi connectivity index (χ1n) is 6.22. The number of carbonyl (C=O) groups excluding carboxylic acids is 2. The molecule has 1 aliphatic heterocycles. The topological polar surface area (TPSA) is 49.4 Å². The number of amides is 2. The van der Waals surface area contributed by atoms with Gasteiger partial charge in [-0.15, -0.1) is 0 Å². The van der Waals surface area contributed by atoms with E-state index >= 15 is 0 Å². The molecule has 1 N–H and O–H groups in total. The number of para-hydroxylation sites is 2. The predicted octanol–water partition coefficient (Wildman–Crippen LogP) is 3.19. The van der Waals surface area contributed by atoms with Gasteiger partial charge < -0.3 is 5.32 Å². The Morgan fingerprint density at radius 1 is 1.19 bits per heavy atom. The number of fused-ring (bicyclic) bond motifs is 1. The quantitative estimate of drug-likeness (QED) is 0.860. The number of carbonyl (C=O) groups is 2. The molecule has 21 heavy (non-hydrogen) atoms. The molecule has 0 saturated carbocycles. The summed E-state index contributed by atoms with van der Waals surface area (Å²) in [5.41, 5.74) is 1.01. The second kappa shape index (κ2) is 5.29. The molecule has 2 amide bonds. The standard InChI is InChI=1S/C15H10BrFN2O2/c16-9-4-3-5-10(17)14(9)15(21)19-8-13(20)18-11-6-1-2-7-12(11)19/h1-7H,8H2,(H,18,20). The summed E-state index contributed by atoms with van der Waals surface area (Å²) in [6.45, 7) is -0.142. The van der Waals surface area contributed by atoms with Crippen molar-refractivity contribution >= 4 is 39.1 Å². The number of rotatable bonds is 1. The maximum absolute atomic E-state index is 14.0. The molecule has 0 fully saturated rings. The summed E-state index contributed by atoms with van der Waals surface area (Å²) in [5.74, 6) is -1.49. The van der Waals surface area contributed by atoms with Crippen molar-refractivity contribution in [1.29, 1.82) is 0 Å². The molecule has 0 radical (unpaired) electrons. The van der Waals surface area contributed by atoms with E-state index in [2.05, 4.69) is 21.2 Å². The van der Waals surface area contributed by atoms with E-state index < -0.39 is 11.7 Å². The van der Waals surface area contributed by atoms with Crippen molar-refractivity contribution in [3.63, 3.8) is 0 Å².